The van der Waals surface area contributed by atoms with Crippen molar-refractivity contribution in [3.05, 3.63) is 94.7 Å². The van der Waals surface area contributed by atoms with E-state index in [1.807, 2.05) is 44.4 Å². The molecule has 5 aromatic heterocycles. The lowest BCUT2D eigenvalue weighted by Crippen LogP contribution is -2.09. The molecule has 5 heterocycles. The van der Waals surface area contributed by atoms with Gasteiger partial charge in [-0.15, -0.1) is 11.3 Å². The lowest BCUT2D eigenvalue weighted by molar-refractivity contribution is 0.356. The van der Waals surface area contributed by atoms with Gasteiger partial charge in [0, 0.05) is 39.0 Å². The second kappa shape index (κ2) is 11.2. The molecular weight excluding hydrogens is 512 g/mol. The van der Waals surface area contributed by atoms with Crippen molar-refractivity contribution in [1.29, 1.82) is 0 Å². The van der Waals surface area contributed by atoms with Crippen molar-refractivity contribution in [2.45, 2.75) is 52.4 Å². The molecule has 0 unspecified atom stereocenters. The number of pyridine rings is 2. The number of imidazole rings is 1. The molecule has 1 fully saturated rings. The average Bonchev–Trinajstić information content (AvgIpc) is 3.71. The molecule has 0 aliphatic heterocycles. The molecule has 0 aromatic carbocycles. The van der Waals surface area contributed by atoms with E-state index in [0.29, 0.717) is 11.5 Å². The van der Waals surface area contributed by atoms with Gasteiger partial charge in [-0.05, 0) is 67.7 Å². The van der Waals surface area contributed by atoms with Gasteiger partial charge in [0.05, 0.1) is 16.9 Å². The second-order valence-electron chi connectivity index (χ2n) is 10.8. The number of hydrogen-bond donors (Lipinski definition) is 2. The van der Waals surface area contributed by atoms with Gasteiger partial charge in [-0.2, -0.15) is 5.10 Å². The number of fused-ring (bicyclic) bond motifs is 1. The number of nitrogens with zero attached hydrogens (tertiary/aromatic N) is 4. The molecule has 0 spiro atoms. The Morgan fingerprint density at radius 1 is 1.07 bits per heavy atom. The smallest absolute Gasteiger partial charge is 0.161 e. The fourth-order valence-corrected chi connectivity index (χ4v) is 6.59. The number of aromatic amines is 2. The topological polar surface area (TPSA) is 83.1 Å². The minimum Gasteiger partial charge on any atom is -0.340 e. The van der Waals surface area contributed by atoms with Gasteiger partial charge in [0.2, 0.25) is 0 Å². The summed E-state index contributed by atoms with van der Waals surface area (Å²) in [4.78, 5) is 20.3. The van der Waals surface area contributed by atoms with Crippen molar-refractivity contribution < 1.29 is 0 Å². The van der Waals surface area contributed by atoms with Gasteiger partial charge in [-0.3, -0.25) is 10.1 Å². The molecule has 6 nitrogen and oxygen atoms in total. The Labute approximate surface area is 239 Å². The van der Waals surface area contributed by atoms with Crippen LogP contribution in [-0.2, 0) is 6.42 Å². The predicted molar refractivity (Wildman–Crippen MR) is 166 cm³/mol. The van der Waals surface area contributed by atoms with E-state index < -0.39 is 0 Å². The Morgan fingerprint density at radius 2 is 1.90 bits per heavy atom. The lowest BCUT2D eigenvalue weighted by Gasteiger charge is -2.21. The standard InChI is InChI=1S/C33H34N6S/c1-5-9-25(29-15-14-28(40-29)20(2)3)30-21(4)35-33(37-30)32-31-27(38-39-32)13-12-26(36-31)24-17-23(18-34-19-24)16-22-10-7-6-8-11-22/h5,9,12-15,17-19,22H,1-2,6-8,10-11,16H2,3-4H3,(H,35,37)(H,38,39)/b25-9-. The molecule has 0 bridgehead atoms. The molecule has 2 N–H and O–H groups in total. The van der Waals surface area contributed by atoms with E-state index in [9.17, 15) is 0 Å². The van der Waals surface area contributed by atoms with Crippen LogP contribution in [0, 0.1) is 12.8 Å². The first-order chi connectivity index (χ1) is 19.5. The number of thiophene rings is 1. The van der Waals surface area contributed by atoms with Crippen molar-refractivity contribution in [2.24, 2.45) is 5.92 Å². The zero-order chi connectivity index (χ0) is 27.6. The summed E-state index contributed by atoms with van der Waals surface area (Å²) in [5, 5.41) is 7.74. The second-order valence-corrected chi connectivity index (χ2v) is 11.9. The van der Waals surface area contributed by atoms with Crippen LogP contribution in [0.25, 0.3) is 45.0 Å². The van der Waals surface area contributed by atoms with Crippen molar-refractivity contribution in [3.63, 3.8) is 0 Å². The van der Waals surface area contributed by atoms with E-state index in [1.54, 1.807) is 17.4 Å². The highest BCUT2D eigenvalue weighted by Gasteiger charge is 2.20. The number of H-pyrrole nitrogens is 2. The number of aryl methyl sites for hydroxylation is 1. The summed E-state index contributed by atoms with van der Waals surface area (Å²) in [6.45, 7) is 12.1. The third-order valence-corrected chi connectivity index (χ3v) is 8.97. The van der Waals surface area contributed by atoms with Crippen LogP contribution in [0.15, 0.2) is 68.0 Å². The molecule has 1 saturated carbocycles. The minimum absolute atomic E-state index is 0.680. The van der Waals surface area contributed by atoms with Crippen LogP contribution in [0.2, 0.25) is 0 Å². The van der Waals surface area contributed by atoms with Gasteiger partial charge in [0.25, 0.3) is 0 Å². The largest absolute Gasteiger partial charge is 0.340 e. The van der Waals surface area contributed by atoms with Gasteiger partial charge in [0.1, 0.15) is 5.52 Å². The zero-order valence-electron chi connectivity index (χ0n) is 23.1. The Morgan fingerprint density at radius 3 is 2.67 bits per heavy atom. The van der Waals surface area contributed by atoms with E-state index in [0.717, 1.165) is 66.9 Å². The maximum Gasteiger partial charge on any atom is 0.161 e. The molecule has 1 aliphatic carbocycles. The van der Waals surface area contributed by atoms with Crippen LogP contribution in [0.1, 0.15) is 65.7 Å². The van der Waals surface area contributed by atoms with E-state index in [-0.39, 0.29) is 0 Å². The van der Waals surface area contributed by atoms with Crippen molar-refractivity contribution in [2.75, 3.05) is 0 Å². The Bertz CT molecular complexity index is 1730. The SMILES string of the molecule is C=C/C=C(/c1ccc(C(=C)C)s1)c1nc(-c2n[nH]c3ccc(-c4cncc(CC5CCCCC5)c4)nc23)[nH]c1C. The normalized spacial score (nSPS) is 14.6. The number of hydrogen-bond acceptors (Lipinski definition) is 5. The van der Waals surface area contributed by atoms with Crippen LogP contribution in [-0.4, -0.2) is 30.1 Å². The maximum atomic E-state index is 5.04. The van der Waals surface area contributed by atoms with Crippen LogP contribution >= 0.6 is 11.3 Å². The summed E-state index contributed by atoms with van der Waals surface area (Å²) < 4.78 is 0. The molecule has 6 rings (SSSR count). The Balaban J connectivity index is 1.34. The van der Waals surface area contributed by atoms with Crippen LogP contribution in [0.5, 0.6) is 0 Å². The first kappa shape index (κ1) is 26.1. The van der Waals surface area contributed by atoms with E-state index in [1.165, 1.54) is 37.7 Å². The number of allylic oxidation sites excluding steroid dienone is 3. The highest BCUT2D eigenvalue weighted by atomic mass is 32.1. The first-order valence-corrected chi connectivity index (χ1v) is 14.8. The predicted octanol–water partition coefficient (Wildman–Crippen LogP) is 8.55. The van der Waals surface area contributed by atoms with Gasteiger partial charge in [0.15, 0.2) is 11.5 Å². The Kier molecular flexibility index (Phi) is 7.30. The van der Waals surface area contributed by atoms with Crippen LogP contribution < -0.4 is 0 Å². The fourth-order valence-electron chi connectivity index (χ4n) is 5.63. The Hall–Kier alpha value is -4.10. The first-order valence-electron chi connectivity index (χ1n) is 14.0. The molecule has 40 heavy (non-hydrogen) atoms. The van der Waals surface area contributed by atoms with E-state index >= 15 is 0 Å². The minimum atomic E-state index is 0.680. The van der Waals surface area contributed by atoms with Gasteiger partial charge in [-0.25, -0.2) is 9.97 Å². The third kappa shape index (κ3) is 5.21. The van der Waals surface area contributed by atoms with Crippen molar-refractivity contribution in [3.8, 4) is 22.8 Å². The summed E-state index contributed by atoms with van der Waals surface area (Å²) in [7, 11) is 0. The highest BCUT2D eigenvalue weighted by molar-refractivity contribution is 7.14. The average molecular weight is 547 g/mol. The maximum absolute atomic E-state index is 5.04. The highest BCUT2D eigenvalue weighted by Crippen LogP contribution is 2.35. The number of aromatic nitrogens is 6. The van der Waals surface area contributed by atoms with E-state index in [4.69, 9.17) is 9.97 Å². The number of rotatable bonds is 8. The quantitative estimate of drug-likeness (QED) is 0.191. The van der Waals surface area contributed by atoms with E-state index in [2.05, 4.69) is 51.5 Å². The van der Waals surface area contributed by atoms with Gasteiger partial charge in [-0.1, -0.05) is 57.4 Å². The van der Waals surface area contributed by atoms with Gasteiger partial charge < -0.3 is 4.98 Å². The summed E-state index contributed by atoms with van der Waals surface area (Å²) >= 11 is 1.70. The monoisotopic (exact) mass is 546 g/mol. The fraction of sp³-hybridized carbons (Fsp3) is 0.273. The molecule has 0 radical (unpaired) electrons. The van der Waals surface area contributed by atoms with Crippen LogP contribution in [0.4, 0.5) is 0 Å². The molecular formula is C33H34N6S. The summed E-state index contributed by atoms with van der Waals surface area (Å²) in [6.07, 6.45) is 15.5. The molecule has 7 heteroatoms. The summed E-state index contributed by atoms with van der Waals surface area (Å²) in [5.41, 5.74) is 9.44. The third-order valence-electron chi connectivity index (χ3n) is 7.69. The molecule has 202 valence electrons. The molecule has 0 atom stereocenters. The molecule has 0 saturated heterocycles. The zero-order valence-corrected chi connectivity index (χ0v) is 23.9. The summed E-state index contributed by atoms with van der Waals surface area (Å²) in [6, 6.07) is 10.5. The van der Waals surface area contributed by atoms with Gasteiger partial charge >= 0.3 is 0 Å². The van der Waals surface area contributed by atoms with Crippen LogP contribution in [0.3, 0.4) is 0 Å². The molecule has 1 aliphatic rings. The van der Waals surface area contributed by atoms with Crippen molar-refractivity contribution >= 4 is 33.5 Å². The molecule has 5 aromatic rings. The lowest BCUT2D eigenvalue weighted by atomic mass is 9.85. The number of nitrogens with one attached hydrogen (secondary N) is 2. The summed E-state index contributed by atoms with van der Waals surface area (Å²) in [5.74, 6) is 1.44. The molecule has 0 amide bonds. The van der Waals surface area contributed by atoms with Crippen molar-refractivity contribution in [1.82, 2.24) is 30.1 Å².